The zero-order chi connectivity index (χ0) is 15.5. The number of hydrogen-bond donors (Lipinski definition) is 0. The Kier molecular flexibility index (Phi) is 4.32. The molecule has 1 aromatic heterocycles. The minimum Gasteiger partial charge on any atom is -0.457 e. The van der Waals surface area contributed by atoms with E-state index in [4.69, 9.17) is 4.42 Å². The second-order valence-electron chi connectivity index (χ2n) is 6.36. The summed E-state index contributed by atoms with van der Waals surface area (Å²) in [6.07, 6.45) is 6.88. The van der Waals surface area contributed by atoms with Crippen molar-refractivity contribution in [2.75, 3.05) is 6.54 Å². The van der Waals surface area contributed by atoms with E-state index in [0.717, 1.165) is 36.1 Å². The van der Waals surface area contributed by atoms with E-state index in [1.54, 1.807) is 12.2 Å². The van der Waals surface area contributed by atoms with Gasteiger partial charge in [-0.3, -0.25) is 4.79 Å². The fourth-order valence-electron chi connectivity index (χ4n) is 3.26. The maximum Gasteiger partial charge on any atom is 0.246 e. The molecule has 1 aliphatic rings. The number of para-hydroxylation sites is 1. The Morgan fingerprint density at radius 1 is 1.32 bits per heavy atom. The Balaban J connectivity index is 1.74. The molecule has 3 nitrogen and oxygen atoms in total. The standard InChI is InChI=1S/C19H23NO2/c1-14(2)17-8-5-6-12-20(17)19(21)11-10-16-13-15-7-3-4-9-18(15)22-16/h3-4,7,9-11,13-14,17H,5-6,8,12H2,1-2H3. The fraction of sp³-hybridized carbons (Fsp3) is 0.421. The number of carbonyl (C=O) groups excluding carboxylic acids is 1. The lowest BCUT2D eigenvalue weighted by molar-refractivity contribution is -0.130. The lowest BCUT2D eigenvalue weighted by Gasteiger charge is -2.37. The van der Waals surface area contributed by atoms with Crippen LogP contribution in [0, 0.1) is 5.92 Å². The van der Waals surface area contributed by atoms with Crippen LogP contribution in [0.5, 0.6) is 0 Å². The topological polar surface area (TPSA) is 33.5 Å². The van der Waals surface area contributed by atoms with Crippen LogP contribution in [0.4, 0.5) is 0 Å². The normalized spacial score (nSPS) is 19.4. The van der Waals surface area contributed by atoms with Crippen LogP contribution in [0.15, 0.2) is 40.8 Å². The van der Waals surface area contributed by atoms with Crippen LogP contribution in [0.3, 0.4) is 0 Å². The van der Waals surface area contributed by atoms with Crippen molar-refractivity contribution < 1.29 is 9.21 Å². The van der Waals surface area contributed by atoms with Crippen LogP contribution in [-0.4, -0.2) is 23.4 Å². The largest absolute Gasteiger partial charge is 0.457 e. The van der Waals surface area contributed by atoms with Gasteiger partial charge in [-0.05, 0) is 43.4 Å². The number of furan rings is 1. The lowest BCUT2D eigenvalue weighted by atomic mass is 9.92. The first-order valence-electron chi connectivity index (χ1n) is 8.12. The van der Waals surface area contributed by atoms with Gasteiger partial charge in [0.05, 0.1) is 0 Å². The van der Waals surface area contributed by atoms with Crippen LogP contribution in [0.2, 0.25) is 0 Å². The van der Waals surface area contributed by atoms with Gasteiger partial charge in [-0.2, -0.15) is 0 Å². The highest BCUT2D eigenvalue weighted by atomic mass is 16.3. The summed E-state index contributed by atoms with van der Waals surface area (Å²) in [5, 5.41) is 1.06. The molecule has 3 heteroatoms. The zero-order valence-electron chi connectivity index (χ0n) is 13.3. The summed E-state index contributed by atoms with van der Waals surface area (Å²) < 4.78 is 5.72. The number of amides is 1. The van der Waals surface area contributed by atoms with Crippen molar-refractivity contribution in [1.29, 1.82) is 0 Å². The first-order chi connectivity index (χ1) is 10.6. The molecule has 1 saturated heterocycles. The predicted octanol–water partition coefficient (Wildman–Crippen LogP) is 4.48. The average molecular weight is 297 g/mol. The summed E-state index contributed by atoms with van der Waals surface area (Å²) in [5.74, 6) is 1.33. The van der Waals surface area contributed by atoms with Crippen LogP contribution in [-0.2, 0) is 4.79 Å². The summed E-state index contributed by atoms with van der Waals surface area (Å²) in [5.41, 5.74) is 0.854. The van der Waals surface area contributed by atoms with Gasteiger partial charge in [0.15, 0.2) is 0 Å². The maximum atomic E-state index is 12.5. The van der Waals surface area contributed by atoms with Crippen LogP contribution < -0.4 is 0 Å². The number of piperidine rings is 1. The van der Waals surface area contributed by atoms with Gasteiger partial charge in [-0.1, -0.05) is 32.0 Å². The highest BCUT2D eigenvalue weighted by molar-refractivity contribution is 5.92. The van der Waals surface area contributed by atoms with Crippen molar-refractivity contribution in [1.82, 2.24) is 4.90 Å². The highest BCUT2D eigenvalue weighted by Crippen LogP contribution is 2.24. The molecule has 0 radical (unpaired) electrons. The molecule has 0 N–H and O–H groups in total. The third-order valence-corrected chi connectivity index (χ3v) is 4.44. The van der Waals surface area contributed by atoms with Crippen molar-refractivity contribution in [2.45, 2.75) is 39.2 Å². The molecule has 1 aromatic carbocycles. The van der Waals surface area contributed by atoms with Gasteiger partial charge in [-0.15, -0.1) is 0 Å². The molecule has 1 aliphatic heterocycles. The molecule has 2 aromatic rings. The van der Waals surface area contributed by atoms with E-state index < -0.39 is 0 Å². The van der Waals surface area contributed by atoms with Gasteiger partial charge in [0, 0.05) is 24.0 Å². The molecule has 3 rings (SSSR count). The number of carbonyl (C=O) groups is 1. The number of rotatable bonds is 3. The summed E-state index contributed by atoms with van der Waals surface area (Å²) in [6.45, 7) is 5.25. The van der Waals surface area contributed by atoms with Crippen molar-refractivity contribution >= 4 is 23.0 Å². The Hall–Kier alpha value is -2.03. The van der Waals surface area contributed by atoms with E-state index >= 15 is 0 Å². The Labute approximate surface area is 131 Å². The Bertz CT molecular complexity index is 651. The molecular weight excluding hydrogens is 274 g/mol. The average Bonchev–Trinajstić information content (AvgIpc) is 2.95. The van der Waals surface area contributed by atoms with Gasteiger partial charge < -0.3 is 9.32 Å². The van der Waals surface area contributed by atoms with E-state index in [-0.39, 0.29) is 5.91 Å². The van der Waals surface area contributed by atoms with Crippen molar-refractivity contribution in [3.8, 4) is 0 Å². The fourth-order valence-corrected chi connectivity index (χ4v) is 3.26. The van der Waals surface area contributed by atoms with E-state index in [0.29, 0.717) is 12.0 Å². The van der Waals surface area contributed by atoms with E-state index in [1.807, 2.05) is 35.2 Å². The molecule has 1 unspecified atom stereocenters. The monoisotopic (exact) mass is 297 g/mol. The second kappa shape index (κ2) is 6.39. The van der Waals surface area contributed by atoms with E-state index in [1.165, 1.54) is 6.42 Å². The first-order valence-corrected chi connectivity index (χ1v) is 8.12. The molecule has 2 heterocycles. The minimum atomic E-state index is 0.0962. The number of likely N-dealkylation sites (tertiary alicyclic amines) is 1. The van der Waals surface area contributed by atoms with Gasteiger partial charge >= 0.3 is 0 Å². The number of benzene rings is 1. The lowest BCUT2D eigenvalue weighted by Crippen LogP contribution is -2.45. The van der Waals surface area contributed by atoms with Crippen molar-refractivity contribution in [3.63, 3.8) is 0 Å². The Morgan fingerprint density at radius 2 is 2.14 bits per heavy atom. The van der Waals surface area contributed by atoms with Gasteiger partial charge in [0.25, 0.3) is 0 Å². The minimum absolute atomic E-state index is 0.0962. The number of nitrogens with zero attached hydrogens (tertiary/aromatic N) is 1. The zero-order valence-corrected chi connectivity index (χ0v) is 13.3. The van der Waals surface area contributed by atoms with Crippen LogP contribution in [0.25, 0.3) is 17.0 Å². The van der Waals surface area contributed by atoms with Crippen LogP contribution in [0.1, 0.15) is 38.9 Å². The maximum absolute atomic E-state index is 12.5. The van der Waals surface area contributed by atoms with E-state index in [2.05, 4.69) is 13.8 Å². The molecule has 0 saturated carbocycles. The summed E-state index contributed by atoms with van der Waals surface area (Å²) in [7, 11) is 0. The Morgan fingerprint density at radius 3 is 2.91 bits per heavy atom. The first kappa shape index (κ1) is 14.9. The third kappa shape index (κ3) is 3.08. The van der Waals surface area contributed by atoms with Crippen LogP contribution >= 0.6 is 0 Å². The molecule has 0 aliphatic carbocycles. The number of fused-ring (bicyclic) bond motifs is 1. The summed E-state index contributed by atoms with van der Waals surface area (Å²) in [6, 6.07) is 10.2. The molecule has 22 heavy (non-hydrogen) atoms. The molecule has 1 fully saturated rings. The summed E-state index contributed by atoms with van der Waals surface area (Å²) in [4.78, 5) is 14.5. The van der Waals surface area contributed by atoms with E-state index in [9.17, 15) is 4.79 Å². The second-order valence-corrected chi connectivity index (χ2v) is 6.36. The molecule has 0 bridgehead atoms. The van der Waals surface area contributed by atoms with Crippen molar-refractivity contribution in [2.24, 2.45) is 5.92 Å². The molecule has 1 atom stereocenters. The SMILES string of the molecule is CC(C)C1CCCCN1C(=O)C=Cc1cc2ccccc2o1. The molecule has 116 valence electrons. The molecular formula is C19H23NO2. The smallest absolute Gasteiger partial charge is 0.246 e. The highest BCUT2D eigenvalue weighted by Gasteiger charge is 2.27. The number of hydrogen-bond acceptors (Lipinski definition) is 2. The van der Waals surface area contributed by atoms with Gasteiger partial charge in [0.1, 0.15) is 11.3 Å². The third-order valence-electron chi connectivity index (χ3n) is 4.44. The van der Waals surface area contributed by atoms with Crippen molar-refractivity contribution in [3.05, 3.63) is 42.2 Å². The quantitative estimate of drug-likeness (QED) is 0.782. The predicted molar refractivity (Wildman–Crippen MR) is 89.4 cm³/mol. The van der Waals surface area contributed by atoms with Gasteiger partial charge in [0.2, 0.25) is 5.91 Å². The summed E-state index contributed by atoms with van der Waals surface area (Å²) >= 11 is 0. The van der Waals surface area contributed by atoms with Gasteiger partial charge in [-0.25, -0.2) is 0 Å². The molecule has 1 amide bonds. The molecule has 0 spiro atoms.